The van der Waals surface area contributed by atoms with Gasteiger partial charge in [0, 0.05) is 12.6 Å². The van der Waals surface area contributed by atoms with Crippen LogP contribution in [0.15, 0.2) is 60.7 Å². The van der Waals surface area contributed by atoms with E-state index in [2.05, 4.69) is 86.8 Å². The fourth-order valence-corrected chi connectivity index (χ4v) is 4.36. The Kier molecular flexibility index (Phi) is 5.61. The highest BCUT2D eigenvalue weighted by molar-refractivity contribution is 5.15. The van der Waals surface area contributed by atoms with Crippen LogP contribution in [0.25, 0.3) is 0 Å². The van der Waals surface area contributed by atoms with Crippen molar-refractivity contribution in [2.24, 2.45) is 5.41 Å². The second-order valence-electron chi connectivity index (χ2n) is 8.54. The zero-order chi connectivity index (χ0) is 17.8. The highest BCUT2D eigenvalue weighted by Crippen LogP contribution is 2.43. The average Bonchev–Trinajstić information content (AvgIpc) is 2.59. The quantitative estimate of drug-likeness (QED) is 0.769. The molecule has 3 rings (SSSR count). The molecule has 0 aromatic heterocycles. The summed E-state index contributed by atoms with van der Waals surface area (Å²) in [6, 6.07) is 21.6. The first-order valence-electron chi connectivity index (χ1n) is 9.39. The van der Waals surface area contributed by atoms with Crippen molar-refractivity contribution in [3.63, 3.8) is 0 Å². The second-order valence-corrected chi connectivity index (χ2v) is 8.54. The molecule has 0 radical (unpaired) electrons. The van der Waals surface area contributed by atoms with Crippen LogP contribution in [0.4, 0.5) is 0 Å². The largest absolute Gasteiger partial charge is 0.371 e. The predicted octanol–water partition coefficient (Wildman–Crippen LogP) is 5.33. The van der Waals surface area contributed by atoms with Crippen LogP contribution in [-0.2, 0) is 17.9 Å². The van der Waals surface area contributed by atoms with Gasteiger partial charge in [0.25, 0.3) is 0 Å². The summed E-state index contributed by atoms with van der Waals surface area (Å²) in [6.45, 7) is 8.64. The van der Waals surface area contributed by atoms with Crippen molar-refractivity contribution in [2.75, 3.05) is 0 Å². The van der Waals surface area contributed by atoms with Crippen molar-refractivity contribution < 1.29 is 4.74 Å². The highest BCUT2D eigenvalue weighted by atomic mass is 16.5. The Labute approximate surface area is 152 Å². The Morgan fingerprint density at radius 3 is 2.12 bits per heavy atom. The fraction of sp³-hybridized carbons (Fsp3) is 0.478. The van der Waals surface area contributed by atoms with Gasteiger partial charge in [-0.15, -0.1) is 0 Å². The predicted molar refractivity (Wildman–Crippen MR) is 104 cm³/mol. The summed E-state index contributed by atoms with van der Waals surface area (Å²) in [7, 11) is 0. The van der Waals surface area contributed by atoms with Crippen LogP contribution in [0.3, 0.4) is 0 Å². The first kappa shape index (κ1) is 18.2. The molecule has 0 amide bonds. The van der Waals surface area contributed by atoms with E-state index in [1.807, 2.05) is 0 Å². The van der Waals surface area contributed by atoms with Crippen LogP contribution in [0.1, 0.15) is 51.2 Å². The van der Waals surface area contributed by atoms with Crippen LogP contribution in [0.2, 0.25) is 0 Å². The Balaban J connectivity index is 1.61. The molecule has 0 bridgehead atoms. The number of ether oxygens (including phenoxy) is 1. The van der Waals surface area contributed by atoms with Gasteiger partial charge in [0.2, 0.25) is 0 Å². The Bertz CT molecular complexity index is 652. The maximum absolute atomic E-state index is 6.43. The maximum Gasteiger partial charge on any atom is 0.0724 e. The van der Waals surface area contributed by atoms with Crippen molar-refractivity contribution in [2.45, 2.75) is 64.8 Å². The molecule has 0 heterocycles. The van der Waals surface area contributed by atoms with E-state index in [0.717, 1.165) is 19.4 Å². The lowest BCUT2D eigenvalue weighted by atomic mass is 9.68. The molecule has 0 aliphatic heterocycles. The molecule has 2 aromatic carbocycles. The van der Waals surface area contributed by atoms with Crippen molar-refractivity contribution in [1.82, 2.24) is 5.32 Å². The normalized spacial score (nSPS) is 25.6. The second kappa shape index (κ2) is 7.72. The maximum atomic E-state index is 6.43. The molecule has 1 fully saturated rings. The summed E-state index contributed by atoms with van der Waals surface area (Å²) < 4.78 is 6.43. The van der Waals surface area contributed by atoms with Crippen LogP contribution in [0.5, 0.6) is 0 Å². The molecule has 1 N–H and O–H groups in total. The fourth-order valence-electron chi connectivity index (χ4n) is 4.36. The van der Waals surface area contributed by atoms with E-state index >= 15 is 0 Å². The Morgan fingerprint density at radius 1 is 0.880 bits per heavy atom. The highest BCUT2D eigenvalue weighted by Gasteiger charge is 2.41. The topological polar surface area (TPSA) is 21.3 Å². The Morgan fingerprint density at radius 2 is 1.48 bits per heavy atom. The van der Waals surface area contributed by atoms with E-state index in [9.17, 15) is 0 Å². The van der Waals surface area contributed by atoms with Gasteiger partial charge in [0.05, 0.1) is 12.2 Å². The van der Waals surface area contributed by atoms with E-state index in [-0.39, 0.29) is 11.0 Å². The van der Waals surface area contributed by atoms with E-state index in [1.165, 1.54) is 17.5 Å². The third-order valence-corrected chi connectivity index (χ3v) is 5.20. The molecule has 2 unspecified atom stereocenters. The van der Waals surface area contributed by atoms with Crippen molar-refractivity contribution in [3.8, 4) is 0 Å². The van der Waals surface area contributed by atoms with Gasteiger partial charge >= 0.3 is 0 Å². The number of hydrogen-bond acceptors (Lipinski definition) is 2. The number of rotatable bonds is 6. The molecule has 1 aliphatic carbocycles. The zero-order valence-corrected chi connectivity index (χ0v) is 15.8. The van der Waals surface area contributed by atoms with Crippen LogP contribution < -0.4 is 5.32 Å². The monoisotopic (exact) mass is 337 g/mol. The Hall–Kier alpha value is -1.64. The number of benzene rings is 2. The van der Waals surface area contributed by atoms with Gasteiger partial charge in [-0.3, -0.25) is 0 Å². The minimum absolute atomic E-state index is 0.0774. The number of hydrogen-bond donors (Lipinski definition) is 1. The molecule has 2 nitrogen and oxygen atoms in total. The van der Waals surface area contributed by atoms with Gasteiger partial charge in [-0.25, -0.2) is 0 Å². The van der Waals surface area contributed by atoms with E-state index in [0.29, 0.717) is 12.6 Å². The third kappa shape index (κ3) is 5.42. The van der Waals surface area contributed by atoms with Crippen LogP contribution in [0, 0.1) is 5.41 Å². The van der Waals surface area contributed by atoms with E-state index < -0.39 is 0 Å². The summed E-state index contributed by atoms with van der Waals surface area (Å²) in [6.07, 6.45) is 3.37. The first-order chi connectivity index (χ1) is 11.9. The molecule has 1 aliphatic rings. The lowest BCUT2D eigenvalue weighted by Crippen LogP contribution is -2.49. The molecular formula is C23H31NO. The molecule has 0 spiro atoms. The molecular weight excluding hydrogens is 306 g/mol. The summed E-state index contributed by atoms with van der Waals surface area (Å²) in [4.78, 5) is 0. The molecule has 2 atom stereocenters. The van der Waals surface area contributed by atoms with Gasteiger partial charge in [0.1, 0.15) is 0 Å². The van der Waals surface area contributed by atoms with Crippen LogP contribution >= 0.6 is 0 Å². The standard InChI is InChI=1S/C23H31NO/c1-22(2)14-21(24-16-19-10-6-4-7-11-19)15-23(3,18-22)25-17-20-12-8-5-9-13-20/h4-13,21,24H,14-18H2,1-3H3. The molecule has 134 valence electrons. The van der Waals surface area contributed by atoms with Gasteiger partial charge in [0.15, 0.2) is 0 Å². The first-order valence-corrected chi connectivity index (χ1v) is 9.39. The summed E-state index contributed by atoms with van der Waals surface area (Å²) in [5, 5.41) is 3.77. The van der Waals surface area contributed by atoms with Crippen molar-refractivity contribution >= 4 is 0 Å². The molecule has 0 saturated heterocycles. The molecule has 2 heteroatoms. The van der Waals surface area contributed by atoms with Gasteiger partial charge in [-0.05, 0) is 42.7 Å². The van der Waals surface area contributed by atoms with Crippen molar-refractivity contribution in [1.29, 1.82) is 0 Å². The lowest BCUT2D eigenvalue weighted by Gasteiger charge is -2.46. The minimum atomic E-state index is -0.0774. The van der Waals surface area contributed by atoms with Gasteiger partial charge in [-0.2, -0.15) is 0 Å². The summed E-state index contributed by atoms with van der Waals surface area (Å²) in [5.41, 5.74) is 2.81. The average molecular weight is 338 g/mol. The van der Waals surface area contributed by atoms with Crippen LogP contribution in [-0.4, -0.2) is 11.6 Å². The smallest absolute Gasteiger partial charge is 0.0724 e. The summed E-state index contributed by atoms with van der Waals surface area (Å²) in [5.74, 6) is 0. The zero-order valence-electron chi connectivity index (χ0n) is 15.8. The molecule has 1 saturated carbocycles. The van der Waals surface area contributed by atoms with Gasteiger partial charge < -0.3 is 10.1 Å². The third-order valence-electron chi connectivity index (χ3n) is 5.20. The number of nitrogens with one attached hydrogen (secondary N) is 1. The molecule has 2 aromatic rings. The van der Waals surface area contributed by atoms with E-state index in [1.54, 1.807) is 0 Å². The SMILES string of the molecule is CC1(C)CC(NCc2ccccc2)CC(C)(OCc2ccccc2)C1. The van der Waals surface area contributed by atoms with E-state index in [4.69, 9.17) is 4.74 Å². The van der Waals surface area contributed by atoms with Crippen molar-refractivity contribution in [3.05, 3.63) is 71.8 Å². The summed E-state index contributed by atoms with van der Waals surface area (Å²) >= 11 is 0. The minimum Gasteiger partial charge on any atom is -0.371 e. The van der Waals surface area contributed by atoms with Gasteiger partial charge in [-0.1, -0.05) is 74.5 Å². The lowest BCUT2D eigenvalue weighted by molar-refractivity contribution is -0.102. The molecule has 25 heavy (non-hydrogen) atoms.